The minimum atomic E-state index is -4.54. The highest BCUT2D eigenvalue weighted by Gasteiger charge is 2.33. The lowest BCUT2D eigenvalue weighted by Crippen LogP contribution is -2.19. The third-order valence-corrected chi connectivity index (χ3v) is 2.99. The topological polar surface area (TPSA) is 101 Å². The van der Waals surface area contributed by atoms with Gasteiger partial charge in [0.05, 0.1) is 0 Å². The van der Waals surface area contributed by atoms with Crippen LogP contribution < -0.4 is 5.32 Å². The summed E-state index contributed by atoms with van der Waals surface area (Å²) in [5, 5.41) is 19.3. The van der Waals surface area contributed by atoms with Gasteiger partial charge in [-0.15, -0.1) is 10.2 Å². The first-order valence-corrected chi connectivity index (χ1v) is 6.66. The van der Waals surface area contributed by atoms with Gasteiger partial charge >= 0.3 is 6.18 Å². The molecule has 8 nitrogen and oxygen atoms in total. The van der Waals surface area contributed by atoms with Crippen LogP contribution in [0.4, 0.5) is 18.9 Å². The zero-order chi connectivity index (χ0) is 17.2. The van der Waals surface area contributed by atoms with Crippen LogP contribution in [0.3, 0.4) is 0 Å². The van der Waals surface area contributed by atoms with Crippen LogP contribution in [0.25, 0.3) is 11.4 Å². The number of tetrazole rings is 1. The van der Waals surface area contributed by atoms with Crippen molar-refractivity contribution in [1.29, 1.82) is 0 Å². The fourth-order valence-corrected chi connectivity index (χ4v) is 1.97. The molecule has 0 fully saturated rings. The lowest BCUT2D eigenvalue weighted by Gasteiger charge is -2.06. The maximum Gasteiger partial charge on any atom is 0.435 e. The van der Waals surface area contributed by atoms with Crippen molar-refractivity contribution in [2.45, 2.75) is 12.7 Å². The largest absolute Gasteiger partial charge is 0.435 e. The average Bonchev–Trinajstić information content (AvgIpc) is 3.18. The number of benzene rings is 1. The molecule has 0 aliphatic carbocycles. The second-order valence-electron chi connectivity index (χ2n) is 4.76. The molecule has 0 unspecified atom stereocenters. The van der Waals surface area contributed by atoms with E-state index in [0.29, 0.717) is 17.1 Å². The summed E-state index contributed by atoms with van der Waals surface area (Å²) in [6, 6.07) is 7.46. The number of alkyl halides is 3. The van der Waals surface area contributed by atoms with Gasteiger partial charge in [0.1, 0.15) is 6.54 Å². The minimum Gasteiger partial charge on any atom is -0.324 e. The standard InChI is InChI=1S/C13H10F3N7O/c14-13(15,16)10-4-5-23(20-10)7-11(24)17-9-3-1-2-8(6-9)12-18-21-22-19-12/h1-6H,7H2,(H,17,24)(H,18,19,21,22). The molecule has 1 aromatic carbocycles. The van der Waals surface area contributed by atoms with Crippen LogP contribution in [-0.4, -0.2) is 36.3 Å². The van der Waals surface area contributed by atoms with E-state index in [4.69, 9.17) is 0 Å². The Balaban J connectivity index is 1.67. The van der Waals surface area contributed by atoms with E-state index in [2.05, 4.69) is 31.0 Å². The summed E-state index contributed by atoms with van der Waals surface area (Å²) >= 11 is 0. The number of nitrogens with zero attached hydrogens (tertiary/aromatic N) is 5. The Kier molecular flexibility index (Phi) is 3.98. The van der Waals surface area contributed by atoms with Crippen LogP contribution in [0.15, 0.2) is 36.5 Å². The number of hydrogen-bond acceptors (Lipinski definition) is 5. The summed E-state index contributed by atoms with van der Waals surface area (Å²) in [6.07, 6.45) is -3.45. The van der Waals surface area contributed by atoms with Gasteiger partial charge in [-0.25, -0.2) is 0 Å². The molecule has 3 rings (SSSR count). The molecule has 24 heavy (non-hydrogen) atoms. The first kappa shape index (κ1) is 15.6. The van der Waals surface area contributed by atoms with E-state index >= 15 is 0 Å². The summed E-state index contributed by atoms with van der Waals surface area (Å²) in [7, 11) is 0. The Labute approximate surface area is 132 Å². The Hall–Kier alpha value is -3.24. The molecule has 0 atom stereocenters. The number of carbonyl (C=O) groups is 1. The van der Waals surface area contributed by atoms with Gasteiger partial charge in [0, 0.05) is 17.4 Å². The zero-order valence-electron chi connectivity index (χ0n) is 11.9. The van der Waals surface area contributed by atoms with Gasteiger partial charge in [-0.2, -0.15) is 23.5 Å². The second-order valence-corrected chi connectivity index (χ2v) is 4.76. The third kappa shape index (κ3) is 3.56. The van der Waals surface area contributed by atoms with Gasteiger partial charge in [-0.05, 0) is 23.4 Å². The van der Waals surface area contributed by atoms with Crippen molar-refractivity contribution >= 4 is 11.6 Å². The normalized spacial score (nSPS) is 11.5. The molecule has 3 aromatic rings. The Bertz CT molecular complexity index is 841. The van der Waals surface area contributed by atoms with Gasteiger partial charge in [-0.3, -0.25) is 9.48 Å². The van der Waals surface area contributed by atoms with Crippen molar-refractivity contribution in [3.63, 3.8) is 0 Å². The predicted octanol–water partition coefficient (Wildman–Crippen LogP) is 1.72. The highest BCUT2D eigenvalue weighted by Crippen LogP contribution is 2.27. The van der Waals surface area contributed by atoms with E-state index in [-0.39, 0.29) is 6.54 Å². The first-order chi connectivity index (χ1) is 11.4. The molecule has 0 bridgehead atoms. The van der Waals surface area contributed by atoms with Crippen LogP contribution in [0.5, 0.6) is 0 Å². The number of rotatable bonds is 4. The van der Waals surface area contributed by atoms with Gasteiger partial charge in [0.2, 0.25) is 11.7 Å². The SMILES string of the molecule is O=C(Cn1ccc(C(F)(F)F)n1)Nc1cccc(-c2nn[nH]n2)c1. The van der Waals surface area contributed by atoms with Crippen molar-refractivity contribution in [1.82, 2.24) is 30.4 Å². The molecule has 2 heterocycles. The van der Waals surface area contributed by atoms with Crippen molar-refractivity contribution in [3.8, 4) is 11.4 Å². The second kappa shape index (κ2) is 6.10. The fourth-order valence-electron chi connectivity index (χ4n) is 1.97. The zero-order valence-corrected chi connectivity index (χ0v) is 11.9. The molecule has 0 saturated carbocycles. The molecule has 0 saturated heterocycles. The highest BCUT2D eigenvalue weighted by atomic mass is 19.4. The quantitative estimate of drug-likeness (QED) is 0.755. The van der Waals surface area contributed by atoms with Crippen LogP contribution >= 0.6 is 0 Å². The van der Waals surface area contributed by atoms with Gasteiger partial charge in [-0.1, -0.05) is 12.1 Å². The van der Waals surface area contributed by atoms with Gasteiger partial charge in [0.15, 0.2) is 5.69 Å². The molecule has 0 radical (unpaired) electrons. The lowest BCUT2D eigenvalue weighted by atomic mass is 10.2. The third-order valence-electron chi connectivity index (χ3n) is 2.99. The Morgan fingerprint density at radius 1 is 1.29 bits per heavy atom. The summed E-state index contributed by atoms with van der Waals surface area (Å²) < 4.78 is 38.3. The van der Waals surface area contributed by atoms with E-state index < -0.39 is 17.8 Å². The smallest absolute Gasteiger partial charge is 0.324 e. The van der Waals surface area contributed by atoms with E-state index in [1.165, 1.54) is 0 Å². The number of H-pyrrole nitrogens is 1. The van der Waals surface area contributed by atoms with E-state index in [9.17, 15) is 18.0 Å². The summed E-state index contributed by atoms with van der Waals surface area (Å²) in [5.41, 5.74) is 0.0277. The van der Waals surface area contributed by atoms with Crippen molar-refractivity contribution < 1.29 is 18.0 Å². The average molecular weight is 337 g/mol. The number of amides is 1. The molecule has 2 N–H and O–H groups in total. The van der Waals surface area contributed by atoms with E-state index in [1.807, 2.05) is 0 Å². The maximum absolute atomic E-state index is 12.5. The lowest BCUT2D eigenvalue weighted by molar-refractivity contribution is -0.141. The van der Waals surface area contributed by atoms with E-state index in [1.54, 1.807) is 24.3 Å². The number of anilines is 1. The van der Waals surface area contributed by atoms with Crippen LogP contribution in [0, 0.1) is 0 Å². The van der Waals surface area contributed by atoms with Crippen molar-refractivity contribution in [2.24, 2.45) is 0 Å². The molecule has 1 amide bonds. The number of nitrogens with one attached hydrogen (secondary N) is 2. The number of aromatic amines is 1. The molecule has 2 aromatic heterocycles. The molecular weight excluding hydrogens is 327 g/mol. The van der Waals surface area contributed by atoms with Gasteiger partial charge in [0.25, 0.3) is 0 Å². The summed E-state index contributed by atoms with van der Waals surface area (Å²) in [4.78, 5) is 11.9. The number of halogens is 3. The van der Waals surface area contributed by atoms with Gasteiger partial charge < -0.3 is 5.32 Å². The van der Waals surface area contributed by atoms with E-state index in [0.717, 1.165) is 16.9 Å². The molecular formula is C13H10F3N7O. The first-order valence-electron chi connectivity index (χ1n) is 6.66. The maximum atomic E-state index is 12.5. The number of aromatic nitrogens is 6. The molecule has 0 aliphatic rings. The Morgan fingerprint density at radius 2 is 2.12 bits per heavy atom. The molecule has 124 valence electrons. The van der Waals surface area contributed by atoms with Crippen molar-refractivity contribution in [2.75, 3.05) is 5.32 Å². The summed E-state index contributed by atoms with van der Waals surface area (Å²) in [5.74, 6) is -0.162. The summed E-state index contributed by atoms with van der Waals surface area (Å²) in [6.45, 7) is -0.345. The van der Waals surface area contributed by atoms with Crippen molar-refractivity contribution in [3.05, 3.63) is 42.2 Å². The molecule has 11 heteroatoms. The van der Waals surface area contributed by atoms with Crippen LogP contribution in [-0.2, 0) is 17.5 Å². The molecule has 0 aliphatic heterocycles. The fraction of sp³-hybridized carbons (Fsp3) is 0.154. The van der Waals surface area contributed by atoms with Crippen LogP contribution in [0.1, 0.15) is 5.69 Å². The monoisotopic (exact) mass is 337 g/mol. The minimum absolute atomic E-state index is 0.345. The van der Waals surface area contributed by atoms with Crippen LogP contribution in [0.2, 0.25) is 0 Å². The number of carbonyl (C=O) groups excluding carboxylic acids is 1. The predicted molar refractivity (Wildman–Crippen MR) is 75.5 cm³/mol. The highest BCUT2D eigenvalue weighted by molar-refractivity contribution is 5.91. The number of hydrogen-bond donors (Lipinski definition) is 2. The molecule has 0 spiro atoms. The Morgan fingerprint density at radius 3 is 2.79 bits per heavy atom.